The molecule has 0 aliphatic rings. The number of rotatable bonds is 10. The number of nitrogens with zero attached hydrogens (tertiary/aromatic N) is 2. The van der Waals surface area contributed by atoms with E-state index in [2.05, 4.69) is 41.4 Å². The summed E-state index contributed by atoms with van der Waals surface area (Å²) in [5.74, 6) is 2.19. The standard InChI is InChI=1S/C15H28N4O/c1-5-7-17-15-18-10-13(4)14(19-15)16-8-6-9-20-11-12(2)3/h10,12H,5-9,11H2,1-4H3,(H2,16,17,18,19). The Balaban J connectivity index is 2.31. The Morgan fingerprint density at radius 1 is 1.25 bits per heavy atom. The first-order valence-electron chi connectivity index (χ1n) is 7.52. The summed E-state index contributed by atoms with van der Waals surface area (Å²) in [5, 5.41) is 6.54. The molecule has 2 N–H and O–H groups in total. The van der Waals surface area contributed by atoms with Gasteiger partial charge < -0.3 is 15.4 Å². The van der Waals surface area contributed by atoms with Crippen molar-refractivity contribution in [2.24, 2.45) is 5.92 Å². The predicted molar refractivity (Wildman–Crippen MR) is 84.3 cm³/mol. The normalized spacial score (nSPS) is 10.8. The molecule has 1 rings (SSSR count). The van der Waals surface area contributed by atoms with E-state index in [0.717, 1.165) is 50.5 Å². The smallest absolute Gasteiger partial charge is 0.224 e. The van der Waals surface area contributed by atoms with Gasteiger partial charge in [0.25, 0.3) is 0 Å². The Bertz CT molecular complexity index is 382. The molecule has 114 valence electrons. The lowest BCUT2D eigenvalue weighted by Gasteiger charge is -2.11. The molecule has 0 aliphatic carbocycles. The van der Waals surface area contributed by atoms with Gasteiger partial charge in [-0.2, -0.15) is 4.98 Å². The molecule has 0 saturated carbocycles. The zero-order valence-corrected chi connectivity index (χ0v) is 13.2. The van der Waals surface area contributed by atoms with E-state index in [9.17, 15) is 0 Å². The molecule has 0 aromatic carbocycles. The summed E-state index contributed by atoms with van der Waals surface area (Å²) in [6, 6.07) is 0. The van der Waals surface area contributed by atoms with Crippen LogP contribution in [0.2, 0.25) is 0 Å². The average Bonchev–Trinajstić information content (AvgIpc) is 2.42. The summed E-state index contributed by atoms with van der Waals surface area (Å²) in [6.07, 6.45) is 3.89. The lowest BCUT2D eigenvalue weighted by Crippen LogP contribution is -2.12. The zero-order chi connectivity index (χ0) is 14.8. The molecular formula is C15H28N4O. The third-order valence-electron chi connectivity index (χ3n) is 2.71. The highest BCUT2D eigenvalue weighted by Gasteiger charge is 2.03. The maximum Gasteiger partial charge on any atom is 0.224 e. The molecule has 0 spiro atoms. The highest BCUT2D eigenvalue weighted by atomic mass is 16.5. The van der Waals surface area contributed by atoms with Gasteiger partial charge in [0, 0.05) is 38.1 Å². The summed E-state index contributed by atoms with van der Waals surface area (Å²) in [4.78, 5) is 8.75. The van der Waals surface area contributed by atoms with Crippen molar-refractivity contribution in [3.05, 3.63) is 11.8 Å². The fourth-order valence-electron chi connectivity index (χ4n) is 1.64. The van der Waals surface area contributed by atoms with Crippen LogP contribution in [0.4, 0.5) is 11.8 Å². The van der Waals surface area contributed by atoms with Crippen molar-refractivity contribution in [2.75, 3.05) is 36.9 Å². The van der Waals surface area contributed by atoms with Crippen LogP contribution in [-0.2, 0) is 4.74 Å². The third-order valence-corrected chi connectivity index (χ3v) is 2.71. The van der Waals surface area contributed by atoms with Crippen LogP contribution in [0, 0.1) is 12.8 Å². The molecule has 1 aromatic rings. The van der Waals surface area contributed by atoms with Crippen LogP contribution in [0.25, 0.3) is 0 Å². The number of hydrogen-bond donors (Lipinski definition) is 2. The number of aromatic nitrogens is 2. The molecule has 1 heterocycles. The van der Waals surface area contributed by atoms with Gasteiger partial charge in [-0.15, -0.1) is 0 Å². The Morgan fingerprint density at radius 2 is 2.05 bits per heavy atom. The van der Waals surface area contributed by atoms with Crippen molar-refractivity contribution < 1.29 is 4.74 Å². The van der Waals surface area contributed by atoms with Crippen LogP contribution >= 0.6 is 0 Å². The van der Waals surface area contributed by atoms with Crippen molar-refractivity contribution in [2.45, 2.75) is 40.5 Å². The van der Waals surface area contributed by atoms with Gasteiger partial charge in [0.15, 0.2) is 0 Å². The van der Waals surface area contributed by atoms with Crippen LogP contribution in [0.15, 0.2) is 6.20 Å². The molecule has 0 fully saturated rings. The van der Waals surface area contributed by atoms with Crippen molar-refractivity contribution in [3.63, 3.8) is 0 Å². The topological polar surface area (TPSA) is 59.1 Å². The summed E-state index contributed by atoms with van der Waals surface area (Å²) < 4.78 is 5.55. The SMILES string of the molecule is CCCNc1ncc(C)c(NCCCOCC(C)C)n1. The fourth-order valence-corrected chi connectivity index (χ4v) is 1.64. The van der Waals surface area contributed by atoms with Crippen LogP contribution < -0.4 is 10.6 Å². The number of ether oxygens (including phenoxy) is 1. The second-order valence-corrected chi connectivity index (χ2v) is 5.40. The van der Waals surface area contributed by atoms with E-state index in [1.54, 1.807) is 0 Å². The van der Waals surface area contributed by atoms with Crippen molar-refractivity contribution >= 4 is 11.8 Å². The quantitative estimate of drug-likeness (QED) is 0.645. The van der Waals surface area contributed by atoms with E-state index in [4.69, 9.17) is 4.74 Å². The van der Waals surface area contributed by atoms with E-state index in [1.165, 1.54) is 0 Å². The predicted octanol–water partition coefficient (Wildman–Crippen LogP) is 3.08. The molecule has 0 aliphatic heterocycles. The first-order chi connectivity index (χ1) is 9.63. The van der Waals surface area contributed by atoms with E-state index in [0.29, 0.717) is 11.9 Å². The summed E-state index contributed by atoms with van der Waals surface area (Å²) in [6.45, 7) is 11.8. The van der Waals surface area contributed by atoms with Gasteiger partial charge in [0.05, 0.1) is 0 Å². The molecule has 0 saturated heterocycles. The maximum atomic E-state index is 5.55. The second-order valence-electron chi connectivity index (χ2n) is 5.40. The summed E-state index contributed by atoms with van der Waals surface area (Å²) in [5.41, 5.74) is 1.06. The average molecular weight is 280 g/mol. The summed E-state index contributed by atoms with van der Waals surface area (Å²) >= 11 is 0. The van der Waals surface area contributed by atoms with Crippen LogP contribution in [0.5, 0.6) is 0 Å². The number of nitrogens with one attached hydrogen (secondary N) is 2. The van der Waals surface area contributed by atoms with Gasteiger partial charge in [-0.25, -0.2) is 4.98 Å². The van der Waals surface area contributed by atoms with Gasteiger partial charge >= 0.3 is 0 Å². The number of anilines is 2. The lowest BCUT2D eigenvalue weighted by atomic mass is 10.2. The van der Waals surface area contributed by atoms with E-state index in [1.807, 2.05) is 13.1 Å². The second kappa shape index (κ2) is 9.53. The molecule has 0 radical (unpaired) electrons. The molecule has 0 atom stereocenters. The minimum Gasteiger partial charge on any atom is -0.381 e. The van der Waals surface area contributed by atoms with Crippen LogP contribution in [0.3, 0.4) is 0 Å². The Labute approximate surface area is 122 Å². The first kappa shape index (κ1) is 16.7. The summed E-state index contributed by atoms with van der Waals surface area (Å²) in [7, 11) is 0. The molecule has 5 nitrogen and oxygen atoms in total. The molecule has 20 heavy (non-hydrogen) atoms. The number of aryl methyl sites for hydroxylation is 1. The largest absolute Gasteiger partial charge is 0.381 e. The molecule has 5 heteroatoms. The fraction of sp³-hybridized carbons (Fsp3) is 0.733. The number of hydrogen-bond acceptors (Lipinski definition) is 5. The zero-order valence-electron chi connectivity index (χ0n) is 13.2. The highest BCUT2D eigenvalue weighted by Crippen LogP contribution is 2.12. The van der Waals surface area contributed by atoms with Gasteiger partial charge in [-0.1, -0.05) is 20.8 Å². The van der Waals surface area contributed by atoms with E-state index in [-0.39, 0.29) is 0 Å². The van der Waals surface area contributed by atoms with E-state index >= 15 is 0 Å². The van der Waals surface area contributed by atoms with Crippen LogP contribution in [-0.4, -0.2) is 36.3 Å². The Morgan fingerprint density at radius 3 is 2.75 bits per heavy atom. The molecular weight excluding hydrogens is 252 g/mol. The minimum atomic E-state index is 0.597. The van der Waals surface area contributed by atoms with Gasteiger partial charge in [-0.05, 0) is 25.7 Å². The molecule has 0 amide bonds. The highest BCUT2D eigenvalue weighted by molar-refractivity contribution is 5.46. The minimum absolute atomic E-state index is 0.597. The third kappa shape index (κ3) is 6.70. The first-order valence-corrected chi connectivity index (χ1v) is 7.52. The molecule has 0 unspecified atom stereocenters. The van der Waals surface area contributed by atoms with Gasteiger partial charge in [0.2, 0.25) is 5.95 Å². The Kier molecular flexibility index (Phi) is 7.95. The van der Waals surface area contributed by atoms with E-state index < -0.39 is 0 Å². The van der Waals surface area contributed by atoms with Crippen molar-refractivity contribution in [1.82, 2.24) is 9.97 Å². The maximum absolute atomic E-state index is 5.55. The Hall–Kier alpha value is -1.36. The lowest BCUT2D eigenvalue weighted by molar-refractivity contribution is 0.110. The van der Waals surface area contributed by atoms with Crippen LogP contribution in [0.1, 0.15) is 39.2 Å². The molecule has 0 bridgehead atoms. The van der Waals surface area contributed by atoms with Crippen molar-refractivity contribution in [3.8, 4) is 0 Å². The molecule has 1 aromatic heterocycles. The monoisotopic (exact) mass is 280 g/mol. The van der Waals surface area contributed by atoms with Gasteiger partial charge in [-0.3, -0.25) is 0 Å². The van der Waals surface area contributed by atoms with Gasteiger partial charge in [0.1, 0.15) is 5.82 Å². The van der Waals surface area contributed by atoms with Crippen molar-refractivity contribution in [1.29, 1.82) is 0 Å².